The van der Waals surface area contributed by atoms with Gasteiger partial charge < -0.3 is 10.1 Å². The molecule has 20 heavy (non-hydrogen) atoms. The zero-order chi connectivity index (χ0) is 14.6. The number of anilines is 1. The van der Waals surface area contributed by atoms with Crippen LogP contribution in [0.2, 0.25) is 0 Å². The Hall–Kier alpha value is -1.62. The summed E-state index contributed by atoms with van der Waals surface area (Å²) in [6.07, 6.45) is 0. The smallest absolute Gasteiger partial charge is 0.205 e. The van der Waals surface area contributed by atoms with Gasteiger partial charge in [-0.1, -0.05) is 50.3 Å². The maximum absolute atomic E-state index is 5.92. The van der Waals surface area contributed by atoms with Gasteiger partial charge in [0.25, 0.3) is 0 Å². The van der Waals surface area contributed by atoms with Gasteiger partial charge in [0.1, 0.15) is 12.4 Å². The lowest BCUT2D eigenvalue weighted by Gasteiger charge is -2.22. The molecule has 1 aromatic carbocycles. The highest BCUT2D eigenvalue weighted by molar-refractivity contribution is 7.15. The summed E-state index contributed by atoms with van der Waals surface area (Å²) in [6, 6.07) is 8.16. The number of rotatable bonds is 5. The van der Waals surface area contributed by atoms with Gasteiger partial charge in [0, 0.05) is 6.54 Å². The molecule has 0 amide bonds. The molecule has 0 aliphatic heterocycles. The van der Waals surface area contributed by atoms with Crippen molar-refractivity contribution in [1.82, 2.24) is 10.2 Å². The van der Waals surface area contributed by atoms with Crippen LogP contribution in [-0.2, 0) is 12.0 Å². The molecule has 4 nitrogen and oxygen atoms in total. The quantitative estimate of drug-likeness (QED) is 0.909. The fourth-order valence-corrected chi connectivity index (χ4v) is 2.61. The summed E-state index contributed by atoms with van der Waals surface area (Å²) in [5.41, 5.74) is 1.27. The summed E-state index contributed by atoms with van der Waals surface area (Å²) in [4.78, 5) is 0. The fourth-order valence-electron chi connectivity index (χ4n) is 1.89. The van der Waals surface area contributed by atoms with Crippen LogP contribution in [0.4, 0.5) is 5.13 Å². The Labute approximate surface area is 124 Å². The highest BCUT2D eigenvalue weighted by atomic mass is 32.1. The van der Waals surface area contributed by atoms with E-state index in [2.05, 4.69) is 42.4 Å². The minimum atomic E-state index is 0.0622. The first kappa shape index (κ1) is 14.8. The Morgan fingerprint density at radius 1 is 1.20 bits per heavy atom. The number of para-hydroxylation sites is 1. The number of hydrogen-bond acceptors (Lipinski definition) is 5. The second-order valence-electron chi connectivity index (χ2n) is 5.57. The van der Waals surface area contributed by atoms with Gasteiger partial charge in [-0.25, -0.2) is 0 Å². The maximum atomic E-state index is 5.92. The van der Waals surface area contributed by atoms with Crippen molar-refractivity contribution < 1.29 is 4.74 Å². The summed E-state index contributed by atoms with van der Waals surface area (Å²) in [6.45, 7) is 9.89. The molecular formula is C15H21N3OS. The summed E-state index contributed by atoms with van der Waals surface area (Å²) >= 11 is 1.53. The van der Waals surface area contributed by atoms with Gasteiger partial charge in [-0.2, -0.15) is 0 Å². The number of nitrogens with zero attached hydrogens (tertiary/aromatic N) is 2. The third-order valence-electron chi connectivity index (χ3n) is 2.84. The van der Waals surface area contributed by atoms with Gasteiger partial charge in [0.15, 0.2) is 5.01 Å². The van der Waals surface area contributed by atoms with Crippen LogP contribution in [0.3, 0.4) is 0 Å². The number of aromatic nitrogens is 2. The van der Waals surface area contributed by atoms with Crippen LogP contribution in [0.5, 0.6) is 5.75 Å². The number of benzene rings is 1. The molecule has 0 aliphatic rings. The van der Waals surface area contributed by atoms with Crippen molar-refractivity contribution in [2.75, 3.05) is 11.9 Å². The van der Waals surface area contributed by atoms with E-state index in [1.54, 1.807) is 0 Å². The standard InChI is InChI=1S/C15H21N3OS/c1-5-16-14-18-17-13(20-14)10-19-12-9-7-6-8-11(12)15(2,3)4/h6-9H,5,10H2,1-4H3,(H,16,18). The van der Waals surface area contributed by atoms with Gasteiger partial charge in [0.05, 0.1) is 0 Å². The normalized spacial score (nSPS) is 11.4. The number of nitrogens with one attached hydrogen (secondary N) is 1. The van der Waals surface area contributed by atoms with E-state index in [-0.39, 0.29) is 5.41 Å². The molecule has 0 fully saturated rings. The van der Waals surface area contributed by atoms with Crippen molar-refractivity contribution in [3.8, 4) is 5.75 Å². The average Bonchev–Trinajstić information content (AvgIpc) is 2.84. The van der Waals surface area contributed by atoms with E-state index < -0.39 is 0 Å². The van der Waals surface area contributed by atoms with Crippen LogP contribution in [-0.4, -0.2) is 16.7 Å². The molecule has 0 saturated carbocycles. The lowest BCUT2D eigenvalue weighted by atomic mass is 9.86. The molecule has 0 aliphatic carbocycles. The number of ether oxygens (including phenoxy) is 1. The molecule has 0 atom stereocenters. The van der Waals surface area contributed by atoms with E-state index in [1.807, 2.05) is 25.1 Å². The Morgan fingerprint density at radius 3 is 2.65 bits per heavy atom. The predicted octanol–water partition coefficient (Wildman–Crippen LogP) is 3.85. The summed E-state index contributed by atoms with van der Waals surface area (Å²) in [5, 5.41) is 13.1. The molecule has 0 unspecified atom stereocenters. The predicted molar refractivity (Wildman–Crippen MR) is 83.5 cm³/mol. The third-order valence-corrected chi connectivity index (χ3v) is 3.70. The van der Waals surface area contributed by atoms with Gasteiger partial charge in [-0.3, -0.25) is 0 Å². The minimum Gasteiger partial charge on any atom is -0.486 e. The van der Waals surface area contributed by atoms with Crippen LogP contribution in [0.25, 0.3) is 0 Å². The van der Waals surface area contributed by atoms with Crippen molar-refractivity contribution in [2.45, 2.75) is 39.7 Å². The van der Waals surface area contributed by atoms with Gasteiger partial charge in [-0.15, -0.1) is 10.2 Å². The van der Waals surface area contributed by atoms with Gasteiger partial charge >= 0.3 is 0 Å². The molecule has 1 N–H and O–H groups in total. The highest BCUT2D eigenvalue weighted by Gasteiger charge is 2.18. The molecule has 1 aromatic heterocycles. The third kappa shape index (κ3) is 3.70. The van der Waals surface area contributed by atoms with E-state index in [9.17, 15) is 0 Å². The molecule has 108 valence electrons. The molecule has 2 aromatic rings. The maximum Gasteiger partial charge on any atom is 0.205 e. The van der Waals surface area contributed by atoms with Gasteiger partial charge in [0.2, 0.25) is 5.13 Å². The second kappa shape index (κ2) is 6.22. The Kier molecular flexibility index (Phi) is 4.60. The van der Waals surface area contributed by atoms with Crippen molar-refractivity contribution in [3.63, 3.8) is 0 Å². The van der Waals surface area contributed by atoms with Crippen LogP contribution >= 0.6 is 11.3 Å². The summed E-state index contributed by atoms with van der Waals surface area (Å²) < 4.78 is 5.92. The SMILES string of the molecule is CCNc1nnc(COc2ccccc2C(C)(C)C)s1. The summed E-state index contributed by atoms with van der Waals surface area (Å²) in [5.74, 6) is 0.917. The Balaban J connectivity index is 2.07. The van der Waals surface area contributed by atoms with Crippen LogP contribution in [0, 0.1) is 0 Å². The monoisotopic (exact) mass is 291 g/mol. The Morgan fingerprint density at radius 2 is 1.95 bits per heavy atom. The molecule has 1 heterocycles. The molecule has 0 radical (unpaired) electrons. The lowest BCUT2D eigenvalue weighted by Crippen LogP contribution is -2.13. The zero-order valence-corrected chi connectivity index (χ0v) is 13.3. The first-order chi connectivity index (χ1) is 9.50. The van der Waals surface area contributed by atoms with Crippen molar-refractivity contribution in [1.29, 1.82) is 0 Å². The molecule has 2 rings (SSSR count). The molecule has 0 bridgehead atoms. The Bertz CT molecular complexity index is 560. The molecular weight excluding hydrogens is 270 g/mol. The van der Waals surface area contributed by atoms with Crippen molar-refractivity contribution in [2.24, 2.45) is 0 Å². The first-order valence-electron chi connectivity index (χ1n) is 6.79. The van der Waals surface area contributed by atoms with E-state index in [1.165, 1.54) is 16.9 Å². The summed E-state index contributed by atoms with van der Waals surface area (Å²) in [7, 11) is 0. The second-order valence-corrected chi connectivity index (χ2v) is 6.63. The van der Waals surface area contributed by atoms with Crippen molar-refractivity contribution >= 4 is 16.5 Å². The molecule has 0 saturated heterocycles. The van der Waals surface area contributed by atoms with Gasteiger partial charge in [-0.05, 0) is 24.0 Å². The van der Waals surface area contributed by atoms with Crippen LogP contribution in [0.15, 0.2) is 24.3 Å². The highest BCUT2D eigenvalue weighted by Crippen LogP contribution is 2.31. The van der Waals surface area contributed by atoms with E-state index in [0.717, 1.165) is 22.4 Å². The van der Waals surface area contributed by atoms with E-state index in [4.69, 9.17) is 4.74 Å². The van der Waals surface area contributed by atoms with Crippen LogP contribution < -0.4 is 10.1 Å². The van der Waals surface area contributed by atoms with E-state index >= 15 is 0 Å². The largest absolute Gasteiger partial charge is 0.486 e. The zero-order valence-electron chi connectivity index (χ0n) is 12.4. The number of hydrogen-bond donors (Lipinski definition) is 1. The topological polar surface area (TPSA) is 47.0 Å². The fraction of sp³-hybridized carbons (Fsp3) is 0.467. The molecule has 5 heteroatoms. The van der Waals surface area contributed by atoms with E-state index in [0.29, 0.717) is 6.61 Å². The first-order valence-corrected chi connectivity index (χ1v) is 7.61. The molecule has 0 spiro atoms. The van der Waals surface area contributed by atoms with Crippen LogP contribution in [0.1, 0.15) is 38.3 Å². The average molecular weight is 291 g/mol. The lowest BCUT2D eigenvalue weighted by molar-refractivity contribution is 0.296. The minimum absolute atomic E-state index is 0.0622. The van der Waals surface area contributed by atoms with Crippen molar-refractivity contribution in [3.05, 3.63) is 34.8 Å².